The third-order valence-electron chi connectivity index (χ3n) is 6.16. The zero-order chi connectivity index (χ0) is 23.5. The maximum absolute atomic E-state index is 12.6. The van der Waals surface area contributed by atoms with Crippen molar-refractivity contribution in [2.24, 2.45) is 0 Å². The molecular weight excluding hydrogens is 448 g/mol. The molecule has 0 aliphatic carbocycles. The number of fused-ring (bicyclic) bond motifs is 1. The number of halogens is 1. The Morgan fingerprint density at radius 3 is 2.50 bits per heavy atom. The van der Waals surface area contributed by atoms with E-state index in [1.54, 1.807) is 12.1 Å². The molecule has 2 heterocycles. The molecule has 0 radical (unpaired) electrons. The second-order valence-electron chi connectivity index (χ2n) is 8.37. The van der Waals surface area contributed by atoms with Gasteiger partial charge in [0.1, 0.15) is 5.75 Å². The summed E-state index contributed by atoms with van der Waals surface area (Å²) in [4.78, 5) is 16.6. The summed E-state index contributed by atoms with van der Waals surface area (Å²) in [5.74, 6) is 1.45. The summed E-state index contributed by atoms with van der Waals surface area (Å²) in [7, 11) is 0. The van der Waals surface area contributed by atoms with Crippen LogP contribution in [0.3, 0.4) is 0 Å². The van der Waals surface area contributed by atoms with E-state index in [2.05, 4.69) is 39.4 Å². The van der Waals surface area contributed by atoms with Gasteiger partial charge in [0.2, 0.25) is 0 Å². The van der Waals surface area contributed by atoms with Gasteiger partial charge in [0, 0.05) is 36.8 Å². The molecule has 0 unspecified atom stereocenters. The van der Waals surface area contributed by atoms with Crippen LogP contribution >= 0.6 is 11.6 Å². The van der Waals surface area contributed by atoms with Gasteiger partial charge >= 0.3 is 0 Å². The van der Waals surface area contributed by atoms with E-state index in [1.807, 2.05) is 48.2 Å². The number of amides is 1. The predicted octanol–water partition coefficient (Wildman–Crippen LogP) is 4.99. The topological polar surface area (TPSA) is 58.6 Å². The number of nitrogens with zero attached hydrogens (tertiary/aromatic N) is 4. The number of aryl methyl sites for hydroxylation is 1. The van der Waals surface area contributed by atoms with Crippen LogP contribution in [0.2, 0.25) is 5.02 Å². The minimum atomic E-state index is -0.0235. The highest BCUT2D eigenvalue weighted by Gasteiger charge is 2.22. The number of piperazine rings is 1. The molecule has 3 aromatic carbocycles. The Morgan fingerprint density at radius 2 is 1.74 bits per heavy atom. The van der Waals surface area contributed by atoms with Gasteiger partial charge in [-0.2, -0.15) is 0 Å². The minimum absolute atomic E-state index is 0.0145. The van der Waals surface area contributed by atoms with E-state index in [4.69, 9.17) is 16.3 Å². The normalized spacial score (nSPS) is 13.8. The molecule has 4 aromatic rings. The molecule has 7 heteroatoms. The fraction of sp³-hybridized carbons (Fsp3) is 0.222. The number of hydrogen-bond donors (Lipinski definition) is 0. The summed E-state index contributed by atoms with van der Waals surface area (Å²) in [6.07, 6.45) is 0. The quantitative estimate of drug-likeness (QED) is 0.409. The zero-order valence-corrected chi connectivity index (χ0v) is 19.7. The Labute approximate surface area is 203 Å². The number of carbonyl (C=O) groups excluding carboxylic acids is 1. The summed E-state index contributed by atoms with van der Waals surface area (Å²) in [6.45, 7) is 4.57. The summed E-state index contributed by atoms with van der Waals surface area (Å²) in [5, 5.41) is 12.0. The first-order valence-electron chi connectivity index (χ1n) is 11.3. The Kier molecular flexibility index (Phi) is 6.32. The monoisotopic (exact) mass is 472 g/mol. The number of carbonyl (C=O) groups is 1. The van der Waals surface area contributed by atoms with Crippen LogP contribution in [0.1, 0.15) is 5.56 Å². The summed E-state index contributed by atoms with van der Waals surface area (Å²) in [6, 6.07) is 23.9. The molecule has 6 nitrogen and oxygen atoms in total. The molecule has 1 amide bonds. The van der Waals surface area contributed by atoms with Crippen molar-refractivity contribution in [2.75, 3.05) is 37.7 Å². The molecule has 1 aliphatic rings. The van der Waals surface area contributed by atoms with Crippen LogP contribution in [0.5, 0.6) is 5.75 Å². The Morgan fingerprint density at radius 1 is 0.941 bits per heavy atom. The van der Waals surface area contributed by atoms with Gasteiger partial charge < -0.3 is 14.5 Å². The van der Waals surface area contributed by atoms with Crippen molar-refractivity contribution in [1.82, 2.24) is 15.1 Å². The molecule has 172 valence electrons. The predicted molar refractivity (Wildman–Crippen MR) is 135 cm³/mol. The molecule has 0 N–H and O–H groups in total. The lowest BCUT2D eigenvalue weighted by Gasteiger charge is -2.35. The highest BCUT2D eigenvalue weighted by atomic mass is 35.5. The highest BCUT2D eigenvalue weighted by Crippen LogP contribution is 2.27. The standard InChI is InChI=1S/C27H25ClN4O2/c1-19-17-21(9-10-24(19)28)34-18-27(33)32-15-13-31(14-16-32)26-12-11-25(29-30-26)23-8-4-6-20-5-2-3-7-22(20)23/h2-12,17H,13-16,18H2,1H3. The maximum atomic E-state index is 12.6. The number of benzene rings is 3. The largest absolute Gasteiger partial charge is 0.484 e. The highest BCUT2D eigenvalue weighted by molar-refractivity contribution is 6.31. The van der Waals surface area contributed by atoms with Crippen molar-refractivity contribution in [3.05, 3.63) is 83.4 Å². The molecule has 1 fully saturated rings. The van der Waals surface area contributed by atoms with Crippen molar-refractivity contribution in [3.8, 4) is 17.0 Å². The van der Waals surface area contributed by atoms with E-state index in [9.17, 15) is 4.79 Å². The second kappa shape index (κ2) is 9.69. The van der Waals surface area contributed by atoms with E-state index < -0.39 is 0 Å². The SMILES string of the molecule is Cc1cc(OCC(=O)N2CCN(c3ccc(-c4cccc5ccccc45)nn3)CC2)ccc1Cl. The number of rotatable bonds is 5. The fourth-order valence-corrected chi connectivity index (χ4v) is 4.33. The van der Waals surface area contributed by atoms with Crippen molar-refractivity contribution >= 4 is 34.1 Å². The number of ether oxygens (including phenoxy) is 1. The van der Waals surface area contributed by atoms with Crippen LogP contribution in [-0.4, -0.2) is 53.8 Å². The summed E-state index contributed by atoms with van der Waals surface area (Å²) in [5.41, 5.74) is 2.85. The average Bonchev–Trinajstić information content (AvgIpc) is 2.89. The van der Waals surface area contributed by atoms with Gasteiger partial charge in [0.25, 0.3) is 5.91 Å². The van der Waals surface area contributed by atoms with Gasteiger partial charge in [-0.05, 0) is 53.6 Å². The minimum Gasteiger partial charge on any atom is -0.484 e. The molecular formula is C27H25ClN4O2. The Balaban J connectivity index is 1.18. The first-order chi connectivity index (χ1) is 16.6. The second-order valence-corrected chi connectivity index (χ2v) is 8.78. The third-order valence-corrected chi connectivity index (χ3v) is 6.59. The lowest BCUT2D eigenvalue weighted by Crippen LogP contribution is -2.50. The molecule has 1 saturated heterocycles. The van der Waals surface area contributed by atoms with Gasteiger partial charge in [0.05, 0.1) is 5.69 Å². The van der Waals surface area contributed by atoms with Crippen molar-refractivity contribution in [3.63, 3.8) is 0 Å². The zero-order valence-electron chi connectivity index (χ0n) is 18.9. The summed E-state index contributed by atoms with van der Waals surface area (Å²) >= 11 is 6.05. The molecule has 0 spiro atoms. The lowest BCUT2D eigenvalue weighted by molar-refractivity contribution is -0.133. The van der Waals surface area contributed by atoms with E-state index in [0.717, 1.165) is 28.0 Å². The molecule has 0 atom stereocenters. The molecule has 1 aromatic heterocycles. The Bertz CT molecular complexity index is 1310. The van der Waals surface area contributed by atoms with Crippen LogP contribution in [0.15, 0.2) is 72.8 Å². The summed E-state index contributed by atoms with van der Waals surface area (Å²) < 4.78 is 5.67. The molecule has 34 heavy (non-hydrogen) atoms. The number of anilines is 1. The van der Waals surface area contributed by atoms with Gasteiger partial charge in [-0.25, -0.2) is 0 Å². The van der Waals surface area contributed by atoms with Crippen LogP contribution in [0.25, 0.3) is 22.0 Å². The van der Waals surface area contributed by atoms with E-state index in [0.29, 0.717) is 37.0 Å². The van der Waals surface area contributed by atoms with Crippen molar-refractivity contribution < 1.29 is 9.53 Å². The Hall–Kier alpha value is -3.64. The smallest absolute Gasteiger partial charge is 0.260 e. The molecule has 0 bridgehead atoms. The van der Waals surface area contributed by atoms with Crippen LogP contribution in [0.4, 0.5) is 5.82 Å². The number of hydrogen-bond acceptors (Lipinski definition) is 5. The van der Waals surface area contributed by atoms with Gasteiger partial charge in [-0.1, -0.05) is 54.1 Å². The average molecular weight is 473 g/mol. The van der Waals surface area contributed by atoms with Crippen LogP contribution in [0, 0.1) is 6.92 Å². The third kappa shape index (κ3) is 4.68. The van der Waals surface area contributed by atoms with Gasteiger partial charge in [-0.3, -0.25) is 4.79 Å². The fourth-order valence-electron chi connectivity index (χ4n) is 4.21. The number of aromatic nitrogens is 2. The lowest BCUT2D eigenvalue weighted by atomic mass is 10.0. The van der Waals surface area contributed by atoms with Gasteiger partial charge in [-0.15, -0.1) is 10.2 Å². The first-order valence-corrected chi connectivity index (χ1v) is 11.7. The van der Waals surface area contributed by atoms with E-state index in [1.165, 1.54) is 5.39 Å². The van der Waals surface area contributed by atoms with Crippen LogP contribution in [-0.2, 0) is 4.79 Å². The first kappa shape index (κ1) is 22.2. The van der Waals surface area contributed by atoms with E-state index in [-0.39, 0.29) is 12.5 Å². The van der Waals surface area contributed by atoms with Gasteiger partial charge in [0.15, 0.2) is 12.4 Å². The molecule has 1 aliphatic heterocycles. The molecule has 0 saturated carbocycles. The maximum Gasteiger partial charge on any atom is 0.260 e. The van der Waals surface area contributed by atoms with Crippen molar-refractivity contribution in [2.45, 2.75) is 6.92 Å². The van der Waals surface area contributed by atoms with Crippen LogP contribution < -0.4 is 9.64 Å². The van der Waals surface area contributed by atoms with E-state index >= 15 is 0 Å². The molecule has 5 rings (SSSR count). The van der Waals surface area contributed by atoms with Crippen molar-refractivity contribution in [1.29, 1.82) is 0 Å².